The van der Waals surface area contributed by atoms with Crippen molar-refractivity contribution in [2.24, 2.45) is 0 Å². The number of amides is 2. The number of fused-ring (bicyclic) bond motifs is 3. The minimum Gasteiger partial charge on any atom is -0.460 e. The number of hydrogen-bond donors (Lipinski definition) is 2. The van der Waals surface area contributed by atoms with Crippen molar-refractivity contribution in [2.45, 2.75) is 193 Å². The third-order valence-corrected chi connectivity index (χ3v) is 13.7. The molecule has 404 valence electrons. The summed E-state index contributed by atoms with van der Waals surface area (Å²) in [7, 11) is 0. The quantitative estimate of drug-likeness (QED) is 0.0484. The second-order valence-electron chi connectivity index (χ2n) is 20.0. The van der Waals surface area contributed by atoms with E-state index in [1.807, 2.05) is 45.0 Å². The molecule has 0 fully saturated rings. The number of carbonyl (C=O) groups is 3. The molecule has 0 heterocycles. The minimum absolute atomic E-state index is 0.0959. The second-order valence-corrected chi connectivity index (χ2v) is 21.0. The number of carbonyl (C=O) groups excluding carboxylic acids is 3. The van der Waals surface area contributed by atoms with Gasteiger partial charge in [-0.15, -0.1) is 0 Å². The summed E-state index contributed by atoms with van der Waals surface area (Å²) >= 11 is 1.58. The molecule has 1 aliphatic rings. The van der Waals surface area contributed by atoms with Gasteiger partial charge < -0.3 is 43.8 Å². The van der Waals surface area contributed by atoms with Crippen LogP contribution in [0.25, 0.3) is 11.1 Å². The number of esters is 1. The predicted octanol–water partition coefficient (Wildman–Crippen LogP) is 12.8. The molecule has 2 unspecified atom stereocenters. The number of hydrogen-bond acceptors (Lipinski definition) is 11. The normalized spacial score (nSPS) is 13.1. The molecule has 0 saturated heterocycles. The number of thioether (sulfide) groups is 1. The molecule has 3 rings (SSSR count). The van der Waals surface area contributed by atoms with Crippen LogP contribution in [0.5, 0.6) is 0 Å². The van der Waals surface area contributed by atoms with Crippen molar-refractivity contribution in [2.75, 3.05) is 84.1 Å². The number of alkyl carbamates (subject to hydrolysis) is 1. The summed E-state index contributed by atoms with van der Waals surface area (Å²) in [5.74, 6) is 0.265. The predicted molar refractivity (Wildman–Crippen MR) is 289 cm³/mol. The van der Waals surface area contributed by atoms with Gasteiger partial charge in [-0.2, -0.15) is 11.8 Å². The van der Waals surface area contributed by atoms with Crippen molar-refractivity contribution in [3.05, 3.63) is 59.7 Å². The van der Waals surface area contributed by atoms with E-state index in [0.29, 0.717) is 57.8 Å². The van der Waals surface area contributed by atoms with Crippen LogP contribution in [0.2, 0.25) is 0 Å². The molecule has 0 aliphatic heterocycles. The molecule has 0 aromatic heterocycles. The highest BCUT2D eigenvalue weighted by Gasteiger charge is 2.30. The van der Waals surface area contributed by atoms with Gasteiger partial charge >= 0.3 is 12.1 Å². The van der Waals surface area contributed by atoms with Gasteiger partial charge in [-0.05, 0) is 55.9 Å². The zero-order valence-electron chi connectivity index (χ0n) is 44.9. The molecule has 0 radical (unpaired) electrons. The molecule has 13 heteroatoms. The molecule has 0 spiro atoms. The Morgan fingerprint density at radius 1 is 0.577 bits per heavy atom. The van der Waals surface area contributed by atoms with E-state index < -0.39 is 17.7 Å². The molecular weight excluding hydrogens is 917 g/mol. The van der Waals surface area contributed by atoms with E-state index in [0.717, 1.165) is 41.5 Å². The van der Waals surface area contributed by atoms with Crippen LogP contribution in [-0.2, 0) is 42.7 Å². The van der Waals surface area contributed by atoms with Crippen molar-refractivity contribution in [3.8, 4) is 11.1 Å². The van der Waals surface area contributed by atoms with E-state index in [9.17, 15) is 14.4 Å². The lowest BCUT2D eigenvalue weighted by Crippen LogP contribution is -2.49. The van der Waals surface area contributed by atoms with Crippen LogP contribution in [-0.4, -0.2) is 120 Å². The van der Waals surface area contributed by atoms with Crippen LogP contribution in [0.1, 0.15) is 187 Å². The highest BCUT2D eigenvalue weighted by atomic mass is 32.2. The standard InChI is InChI=1S/C58H96N2O10S/c1-6-8-10-12-14-16-18-20-22-28-36-67-44-48(68-37-29-23-21-19-17-15-13-11-9-7-2)46-71-47-54(56(62)59-35-39-65-41-43-66-42-40-64-38-34-55(61)70-58(3,4)5)60-57(63)69-45-53-51-32-26-24-30-49(51)50-31-25-27-33-52(50)53/h24-27,30-33,48,53-54H,6-23,28-29,34-47H2,1-5H3,(H,59,62)(H,60,63). The molecule has 0 bridgehead atoms. The van der Waals surface area contributed by atoms with E-state index in [1.54, 1.807) is 11.8 Å². The zero-order chi connectivity index (χ0) is 51.0. The summed E-state index contributed by atoms with van der Waals surface area (Å²) in [6.07, 6.45) is 24.9. The first-order chi connectivity index (χ1) is 34.6. The smallest absolute Gasteiger partial charge is 0.407 e. The second kappa shape index (κ2) is 40.2. The van der Waals surface area contributed by atoms with E-state index in [-0.39, 0.29) is 56.7 Å². The molecule has 1 aliphatic carbocycles. The molecule has 0 saturated carbocycles. The Morgan fingerprint density at radius 3 is 1.62 bits per heavy atom. The highest BCUT2D eigenvalue weighted by Crippen LogP contribution is 2.44. The Morgan fingerprint density at radius 2 is 1.07 bits per heavy atom. The first-order valence-corrected chi connectivity index (χ1v) is 28.9. The monoisotopic (exact) mass is 1010 g/mol. The Bertz CT molecular complexity index is 1630. The summed E-state index contributed by atoms with van der Waals surface area (Å²) in [6, 6.07) is 15.6. The van der Waals surface area contributed by atoms with Crippen LogP contribution in [0.3, 0.4) is 0 Å². The Kier molecular flexibility index (Phi) is 35.2. The summed E-state index contributed by atoms with van der Waals surface area (Å²) < 4.78 is 40.6. The highest BCUT2D eigenvalue weighted by molar-refractivity contribution is 7.99. The number of unbranched alkanes of at least 4 members (excludes halogenated alkanes) is 18. The Labute approximate surface area is 434 Å². The van der Waals surface area contributed by atoms with Gasteiger partial charge in [0.15, 0.2) is 0 Å². The molecule has 2 amide bonds. The van der Waals surface area contributed by atoms with Crippen LogP contribution in [0.4, 0.5) is 4.79 Å². The third kappa shape index (κ3) is 29.9. The number of benzene rings is 2. The molecule has 2 N–H and O–H groups in total. The average molecular weight is 1010 g/mol. The molecule has 2 aromatic carbocycles. The minimum atomic E-state index is -0.843. The SMILES string of the molecule is CCCCCCCCCCCCOCC(CSCC(NC(=O)OCC1c2ccccc2-c2ccccc21)C(=O)NCCOCCOCCOCCC(=O)OC(C)(C)C)OCCCCCCCCCCCC. The van der Waals surface area contributed by atoms with Crippen LogP contribution >= 0.6 is 11.8 Å². The van der Waals surface area contributed by atoms with Gasteiger partial charge in [0.05, 0.1) is 58.8 Å². The third-order valence-electron chi connectivity index (χ3n) is 12.5. The first-order valence-electron chi connectivity index (χ1n) is 27.7. The van der Waals surface area contributed by atoms with E-state index in [2.05, 4.69) is 48.7 Å². The van der Waals surface area contributed by atoms with Crippen molar-refractivity contribution in [1.82, 2.24) is 10.6 Å². The van der Waals surface area contributed by atoms with Gasteiger partial charge in [0, 0.05) is 37.2 Å². The maximum atomic E-state index is 13.7. The van der Waals surface area contributed by atoms with E-state index in [1.165, 1.54) is 109 Å². The molecular formula is C58H96N2O10S. The van der Waals surface area contributed by atoms with Gasteiger partial charge in [-0.3, -0.25) is 9.59 Å². The largest absolute Gasteiger partial charge is 0.460 e. The van der Waals surface area contributed by atoms with Crippen LogP contribution in [0, 0.1) is 0 Å². The van der Waals surface area contributed by atoms with Crippen molar-refractivity contribution >= 4 is 29.7 Å². The Hall–Kier alpha value is -3.20. The van der Waals surface area contributed by atoms with Crippen molar-refractivity contribution < 1.29 is 47.5 Å². The molecule has 2 aromatic rings. The van der Waals surface area contributed by atoms with Crippen molar-refractivity contribution in [3.63, 3.8) is 0 Å². The molecule has 71 heavy (non-hydrogen) atoms. The average Bonchev–Trinajstić information content (AvgIpc) is 3.67. The van der Waals surface area contributed by atoms with Gasteiger partial charge in [0.2, 0.25) is 5.91 Å². The van der Waals surface area contributed by atoms with Gasteiger partial charge in [0.25, 0.3) is 0 Å². The summed E-state index contributed by atoms with van der Waals surface area (Å²) in [5, 5.41) is 5.84. The van der Waals surface area contributed by atoms with Crippen LogP contribution < -0.4 is 10.6 Å². The van der Waals surface area contributed by atoms with Gasteiger partial charge in [0.1, 0.15) is 18.2 Å². The number of nitrogens with one attached hydrogen (secondary N) is 2. The topological polar surface area (TPSA) is 140 Å². The summed E-state index contributed by atoms with van der Waals surface area (Å²) in [6.45, 7) is 14.3. The first kappa shape index (κ1) is 62.1. The maximum absolute atomic E-state index is 13.7. The van der Waals surface area contributed by atoms with Crippen molar-refractivity contribution in [1.29, 1.82) is 0 Å². The van der Waals surface area contributed by atoms with Gasteiger partial charge in [-0.1, -0.05) is 178 Å². The molecule has 2 atom stereocenters. The lowest BCUT2D eigenvalue weighted by atomic mass is 9.98. The fraction of sp³-hybridized carbons (Fsp3) is 0.741. The molecule has 12 nitrogen and oxygen atoms in total. The lowest BCUT2D eigenvalue weighted by molar-refractivity contribution is -0.156. The van der Waals surface area contributed by atoms with Gasteiger partial charge in [-0.25, -0.2) is 4.79 Å². The van der Waals surface area contributed by atoms with Crippen LogP contribution in [0.15, 0.2) is 48.5 Å². The summed E-state index contributed by atoms with van der Waals surface area (Å²) in [4.78, 5) is 39.1. The number of ether oxygens (including phenoxy) is 7. The van der Waals surface area contributed by atoms with E-state index in [4.69, 9.17) is 33.2 Å². The number of rotatable bonds is 45. The maximum Gasteiger partial charge on any atom is 0.407 e. The fourth-order valence-electron chi connectivity index (χ4n) is 8.63. The summed E-state index contributed by atoms with van der Waals surface area (Å²) in [5.41, 5.74) is 4.04. The fourth-order valence-corrected chi connectivity index (χ4v) is 9.69. The van der Waals surface area contributed by atoms with E-state index >= 15 is 0 Å². The zero-order valence-corrected chi connectivity index (χ0v) is 45.7. The lowest BCUT2D eigenvalue weighted by Gasteiger charge is -2.22. The Balaban J connectivity index is 1.48.